The molecule has 6 heteroatoms. The Morgan fingerprint density at radius 2 is 2.00 bits per heavy atom. The second kappa shape index (κ2) is 6.80. The molecule has 19 heavy (non-hydrogen) atoms. The Hall–Kier alpha value is 0.250. The van der Waals surface area contributed by atoms with Crippen LogP contribution >= 0.6 is 59.1 Å². The summed E-state index contributed by atoms with van der Waals surface area (Å²) >= 11 is 12.1. The molecule has 0 bridgehead atoms. The number of nitrogens with one attached hydrogen (secondary N) is 1. The van der Waals surface area contributed by atoms with Gasteiger partial charge in [-0.2, -0.15) is 0 Å². The smallest absolute Gasteiger partial charge is 0.124 e. The Bertz CT molecular complexity index is 585. The zero-order valence-corrected chi connectivity index (χ0v) is 15.6. The lowest BCUT2D eigenvalue weighted by Crippen LogP contribution is -2.18. The molecule has 0 aliphatic heterocycles. The SMILES string of the molecule is CNC(Cc1ccc(F)cc1Br)c1cc(Br)sc1Br. The first-order valence-corrected chi connectivity index (χ1v) is 8.76. The van der Waals surface area contributed by atoms with Gasteiger partial charge in [0.05, 0.1) is 7.57 Å². The molecule has 0 amide bonds. The first kappa shape index (κ1) is 15.6. The third-order valence-corrected chi connectivity index (χ3v) is 5.97. The first-order valence-electron chi connectivity index (χ1n) is 5.57. The van der Waals surface area contributed by atoms with Gasteiger partial charge < -0.3 is 5.32 Å². The fraction of sp³-hybridized carbons (Fsp3) is 0.231. The van der Waals surface area contributed by atoms with Crippen molar-refractivity contribution in [3.63, 3.8) is 0 Å². The largest absolute Gasteiger partial charge is 0.313 e. The maximum absolute atomic E-state index is 13.1. The second-order valence-electron chi connectivity index (χ2n) is 4.06. The van der Waals surface area contributed by atoms with Gasteiger partial charge in [0.25, 0.3) is 0 Å². The number of hydrogen-bond donors (Lipinski definition) is 1. The first-order chi connectivity index (χ1) is 9.01. The molecule has 2 aromatic rings. The van der Waals surface area contributed by atoms with Gasteiger partial charge in [0.2, 0.25) is 0 Å². The van der Waals surface area contributed by atoms with Crippen molar-refractivity contribution in [1.82, 2.24) is 5.32 Å². The Kier molecular flexibility index (Phi) is 5.60. The highest BCUT2D eigenvalue weighted by Crippen LogP contribution is 2.37. The zero-order chi connectivity index (χ0) is 14.0. The van der Waals surface area contributed by atoms with Crippen LogP contribution in [0.15, 0.2) is 36.3 Å². The molecule has 1 nitrogen and oxygen atoms in total. The van der Waals surface area contributed by atoms with Crippen LogP contribution in [0.3, 0.4) is 0 Å². The van der Waals surface area contributed by atoms with Crippen molar-refractivity contribution in [3.05, 3.63) is 53.3 Å². The molecule has 1 atom stereocenters. The predicted molar refractivity (Wildman–Crippen MR) is 89.3 cm³/mol. The predicted octanol–water partition coefficient (Wildman–Crippen LogP) is 5.68. The molecular formula is C13H11Br3FNS. The molecule has 0 saturated carbocycles. The van der Waals surface area contributed by atoms with Crippen molar-refractivity contribution in [2.24, 2.45) is 0 Å². The molecule has 1 aromatic heterocycles. The number of rotatable bonds is 4. The minimum absolute atomic E-state index is 0.179. The molecule has 102 valence electrons. The maximum atomic E-state index is 13.1. The highest BCUT2D eigenvalue weighted by Gasteiger charge is 2.17. The molecule has 0 aliphatic carbocycles. The van der Waals surface area contributed by atoms with Crippen LogP contribution < -0.4 is 5.32 Å². The quantitative estimate of drug-likeness (QED) is 0.605. The van der Waals surface area contributed by atoms with Gasteiger partial charge in [0.1, 0.15) is 5.82 Å². The lowest BCUT2D eigenvalue weighted by atomic mass is 10.0. The molecule has 1 N–H and O–H groups in total. The summed E-state index contributed by atoms with van der Waals surface area (Å²) in [4.78, 5) is 0. The topological polar surface area (TPSA) is 12.0 Å². The molecule has 0 aliphatic rings. The van der Waals surface area contributed by atoms with Crippen molar-refractivity contribution in [1.29, 1.82) is 0 Å². The lowest BCUT2D eigenvalue weighted by molar-refractivity contribution is 0.587. The van der Waals surface area contributed by atoms with E-state index in [4.69, 9.17) is 0 Å². The summed E-state index contributed by atoms with van der Waals surface area (Å²) in [7, 11) is 1.93. The van der Waals surface area contributed by atoms with E-state index in [0.717, 1.165) is 24.0 Å². The van der Waals surface area contributed by atoms with Gasteiger partial charge >= 0.3 is 0 Å². The molecule has 0 radical (unpaired) electrons. The summed E-state index contributed by atoms with van der Waals surface area (Å²) in [6.07, 6.45) is 0.791. The number of likely N-dealkylation sites (N-methyl/N-ethyl adjacent to an activating group) is 1. The lowest BCUT2D eigenvalue weighted by Gasteiger charge is -2.17. The van der Waals surface area contributed by atoms with Gasteiger partial charge in [-0.05, 0) is 74.7 Å². The Balaban J connectivity index is 2.26. The number of halogens is 4. The van der Waals surface area contributed by atoms with Crippen LogP contribution in [0, 0.1) is 5.82 Å². The molecule has 0 fully saturated rings. The highest BCUT2D eigenvalue weighted by molar-refractivity contribution is 9.12. The monoisotopic (exact) mass is 469 g/mol. The summed E-state index contributed by atoms with van der Waals surface area (Å²) in [5.74, 6) is -0.226. The fourth-order valence-corrected chi connectivity index (χ4v) is 5.35. The van der Waals surface area contributed by atoms with Gasteiger partial charge in [-0.25, -0.2) is 4.39 Å². The second-order valence-corrected chi connectivity index (χ2v) is 8.66. The number of hydrogen-bond acceptors (Lipinski definition) is 2. The van der Waals surface area contributed by atoms with E-state index >= 15 is 0 Å². The Morgan fingerprint density at radius 1 is 1.26 bits per heavy atom. The average molecular weight is 472 g/mol. The summed E-state index contributed by atoms with van der Waals surface area (Å²) in [5, 5.41) is 3.30. The Morgan fingerprint density at radius 3 is 2.53 bits per heavy atom. The zero-order valence-electron chi connectivity index (χ0n) is 10.0. The van der Waals surface area contributed by atoms with Crippen molar-refractivity contribution < 1.29 is 4.39 Å². The van der Waals surface area contributed by atoms with E-state index in [0.29, 0.717) is 0 Å². The van der Waals surface area contributed by atoms with Crippen LogP contribution in [-0.2, 0) is 6.42 Å². The van der Waals surface area contributed by atoms with E-state index in [1.807, 2.05) is 13.1 Å². The number of benzene rings is 1. The van der Waals surface area contributed by atoms with Crippen molar-refractivity contribution in [3.8, 4) is 0 Å². The normalized spacial score (nSPS) is 12.7. The van der Waals surface area contributed by atoms with Crippen molar-refractivity contribution >= 4 is 59.1 Å². The minimum atomic E-state index is -0.226. The van der Waals surface area contributed by atoms with Gasteiger partial charge in [0.15, 0.2) is 0 Å². The van der Waals surface area contributed by atoms with Crippen LogP contribution in [-0.4, -0.2) is 7.05 Å². The fourth-order valence-electron chi connectivity index (χ4n) is 1.87. The third kappa shape index (κ3) is 3.88. The standard InChI is InChI=1S/C13H11Br3FNS/c1-18-11(9-6-12(15)19-13(9)16)4-7-2-3-8(17)5-10(7)14/h2-3,5-6,11,18H,4H2,1H3. The van der Waals surface area contributed by atoms with Gasteiger partial charge in [-0.3, -0.25) is 0 Å². The summed E-state index contributed by atoms with van der Waals surface area (Å²) in [6.45, 7) is 0. The molecular weight excluding hydrogens is 461 g/mol. The van der Waals surface area contributed by atoms with E-state index in [1.54, 1.807) is 11.3 Å². The summed E-state index contributed by atoms with van der Waals surface area (Å²) in [6, 6.07) is 7.09. The van der Waals surface area contributed by atoms with Crippen LogP contribution in [0.5, 0.6) is 0 Å². The van der Waals surface area contributed by atoms with Crippen molar-refractivity contribution in [2.75, 3.05) is 7.05 Å². The molecule has 1 heterocycles. The average Bonchev–Trinajstić information content (AvgIpc) is 2.68. The van der Waals surface area contributed by atoms with Gasteiger partial charge in [0, 0.05) is 10.5 Å². The van der Waals surface area contributed by atoms with Crippen LogP contribution in [0.1, 0.15) is 17.2 Å². The molecule has 0 spiro atoms. The highest BCUT2D eigenvalue weighted by atomic mass is 79.9. The van der Waals surface area contributed by atoms with E-state index in [1.165, 1.54) is 17.7 Å². The molecule has 1 unspecified atom stereocenters. The molecule has 0 saturated heterocycles. The number of thiophene rings is 1. The molecule has 1 aromatic carbocycles. The van der Waals surface area contributed by atoms with Crippen LogP contribution in [0.4, 0.5) is 4.39 Å². The minimum Gasteiger partial charge on any atom is -0.313 e. The van der Waals surface area contributed by atoms with E-state index < -0.39 is 0 Å². The van der Waals surface area contributed by atoms with Crippen LogP contribution in [0.25, 0.3) is 0 Å². The van der Waals surface area contributed by atoms with Gasteiger partial charge in [-0.15, -0.1) is 11.3 Å². The van der Waals surface area contributed by atoms with Crippen LogP contribution in [0.2, 0.25) is 0 Å². The summed E-state index contributed by atoms with van der Waals surface area (Å²) in [5.41, 5.74) is 2.28. The van der Waals surface area contributed by atoms with E-state index in [2.05, 4.69) is 59.2 Å². The van der Waals surface area contributed by atoms with Gasteiger partial charge in [-0.1, -0.05) is 22.0 Å². The Labute approximate surface area is 141 Å². The van der Waals surface area contributed by atoms with Crippen molar-refractivity contribution in [2.45, 2.75) is 12.5 Å². The van der Waals surface area contributed by atoms with E-state index in [-0.39, 0.29) is 11.9 Å². The van der Waals surface area contributed by atoms with E-state index in [9.17, 15) is 4.39 Å². The molecule has 2 rings (SSSR count). The summed E-state index contributed by atoms with van der Waals surface area (Å²) < 4.78 is 16.1. The third-order valence-electron chi connectivity index (χ3n) is 2.85. The maximum Gasteiger partial charge on any atom is 0.124 e.